The van der Waals surface area contributed by atoms with E-state index in [4.69, 9.17) is 5.84 Å². The molecule has 0 saturated heterocycles. The molecule has 2 rings (SSSR count). The molecule has 3 N–H and O–H groups in total. The standard InChI is InChI=1S/C13H19N5/c1-3-7-18-9-11(8-16-18)13(17-14)12-10(2)5-4-6-15-12/h4-6,8-9,13,17H,3,7,14H2,1-2H3. The highest BCUT2D eigenvalue weighted by molar-refractivity contribution is 5.29. The van der Waals surface area contributed by atoms with Crippen LogP contribution >= 0.6 is 0 Å². The molecule has 0 radical (unpaired) electrons. The molecule has 0 aromatic carbocycles. The van der Waals surface area contributed by atoms with E-state index in [2.05, 4.69) is 22.4 Å². The average Bonchev–Trinajstić information content (AvgIpc) is 2.82. The van der Waals surface area contributed by atoms with Crippen LogP contribution in [0.4, 0.5) is 0 Å². The maximum absolute atomic E-state index is 5.66. The number of aryl methyl sites for hydroxylation is 2. The summed E-state index contributed by atoms with van der Waals surface area (Å²) in [6, 6.07) is 3.84. The minimum Gasteiger partial charge on any atom is -0.272 e. The quantitative estimate of drug-likeness (QED) is 0.619. The van der Waals surface area contributed by atoms with E-state index >= 15 is 0 Å². The fraction of sp³-hybridized carbons (Fsp3) is 0.385. The predicted octanol–water partition coefficient (Wildman–Crippen LogP) is 1.55. The van der Waals surface area contributed by atoms with Crippen molar-refractivity contribution in [3.8, 4) is 0 Å². The molecule has 1 atom stereocenters. The summed E-state index contributed by atoms with van der Waals surface area (Å²) in [6.07, 6.45) is 6.70. The summed E-state index contributed by atoms with van der Waals surface area (Å²) >= 11 is 0. The van der Waals surface area contributed by atoms with E-state index in [1.807, 2.05) is 36.1 Å². The molecule has 5 nitrogen and oxygen atoms in total. The molecule has 0 aliphatic heterocycles. The van der Waals surface area contributed by atoms with Gasteiger partial charge in [0.25, 0.3) is 0 Å². The van der Waals surface area contributed by atoms with Gasteiger partial charge in [-0.2, -0.15) is 5.10 Å². The molecule has 5 heteroatoms. The third-order valence-corrected chi connectivity index (χ3v) is 2.93. The summed E-state index contributed by atoms with van der Waals surface area (Å²) in [5.41, 5.74) is 5.91. The van der Waals surface area contributed by atoms with Gasteiger partial charge in [0.1, 0.15) is 0 Å². The van der Waals surface area contributed by atoms with Crippen LogP contribution in [-0.4, -0.2) is 14.8 Å². The van der Waals surface area contributed by atoms with Crippen molar-refractivity contribution < 1.29 is 0 Å². The van der Waals surface area contributed by atoms with Crippen molar-refractivity contribution >= 4 is 0 Å². The zero-order valence-corrected chi connectivity index (χ0v) is 10.8. The van der Waals surface area contributed by atoms with Gasteiger partial charge in [-0.15, -0.1) is 0 Å². The summed E-state index contributed by atoms with van der Waals surface area (Å²) in [7, 11) is 0. The van der Waals surface area contributed by atoms with Crippen LogP contribution in [0.3, 0.4) is 0 Å². The van der Waals surface area contributed by atoms with Gasteiger partial charge in [-0.05, 0) is 25.0 Å². The Labute approximate surface area is 107 Å². The highest BCUT2D eigenvalue weighted by Gasteiger charge is 2.17. The van der Waals surface area contributed by atoms with E-state index < -0.39 is 0 Å². The van der Waals surface area contributed by atoms with Crippen LogP contribution in [0.2, 0.25) is 0 Å². The van der Waals surface area contributed by atoms with Crippen LogP contribution in [0.15, 0.2) is 30.7 Å². The van der Waals surface area contributed by atoms with E-state index in [1.165, 1.54) is 0 Å². The summed E-state index contributed by atoms with van der Waals surface area (Å²) in [6.45, 7) is 5.07. The van der Waals surface area contributed by atoms with Crippen molar-refractivity contribution in [3.05, 3.63) is 47.5 Å². The molecule has 2 heterocycles. The van der Waals surface area contributed by atoms with Crippen LogP contribution in [0.1, 0.15) is 36.2 Å². The summed E-state index contributed by atoms with van der Waals surface area (Å²) in [5, 5.41) is 4.32. The van der Waals surface area contributed by atoms with Gasteiger partial charge in [-0.25, -0.2) is 5.43 Å². The maximum Gasteiger partial charge on any atom is 0.0914 e. The van der Waals surface area contributed by atoms with E-state index in [1.54, 1.807) is 6.20 Å². The SMILES string of the molecule is CCCn1cc(C(NN)c2ncccc2C)cn1. The number of hydrogen-bond donors (Lipinski definition) is 2. The van der Waals surface area contributed by atoms with Gasteiger partial charge < -0.3 is 0 Å². The van der Waals surface area contributed by atoms with Crippen LogP contribution in [0.5, 0.6) is 0 Å². The van der Waals surface area contributed by atoms with Gasteiger partial charge in [-0.3, -0.25) is 15.5 Å². The second-order valence-corrected chi connectivity index (χ2v) is 4.34. The molecule has 18 heavy (non-hydrogen) atoms. The van der Waals surface area contributed by atoms with Gasteiger partial charge in [0.2, 0.25) is 0 Å². The first-order valence-electron chi connectivity index (χ1n) is 6.16. The summed E-state index contributed by atoms with van der Waals surface area (Å²) < 4.78 is 1.93. The van der Waals surface area contributed by atoms with E-state index in [0.29, 0.717) is 0 Å². The molecule has 0 aliphatic carbocycles. The molecule has 0 amide bonds. The van der Waals surface area contributed by atoms with E-state index in [9.17, 15) is 0 Å². The predicted molar refractivity (Wildman–Crippen MR) is 70.7 cm³/mol. The van der Waals surface area contributed by atoms with Crippen LogP contribution in [0.25, 0.3) is 0 Å². The molecule has 96 valence electrons. The third kappa shape index (κ3) is 2.57. The van der Waals surface area contributed by atoms with Gasteiger partial charge in [-0.1, -0.05) is 13.0 Å². The van der Waals surface area contributed by atoms with Crippen molar-refractivity contribution in [1.82, 2.24) is 20.2 Å². The summed E-state index contributed by atoms with van der Waals surface area (Å²) in [4.78, 5) is 4.40. The monoisotopic (exact) mass is 245 g/mol. The minimum absolute atomic E-state index is 0.114. The molecule has 0 saturated carbocycles. The second-order valence-electron chi connectivity index (χ2n) is 4.34. The Hall–Kier alpha value is -1.72. The van der Waals surface area contributed by atoms with Gasteiger partial charge in [0, 0.05) is 24.5 Å². The van der Waals surface area contributed by atoms with E-state index in [0.717, 1.165) is 29.8 Å². The molecule has 2 aromatic rings. The van der Waals surface area contributed by atoms with Crippen LogP contribution in [0, 0.1) is 6.92 Å². The number of rotatable bonds is 5. The number of hydrogen-bond acceptors (Lipinski definition) is 4. The van der Waals surface area contributed by atoms with Crippen molar-refractivity contribution in [2.45, 2.75) is 32.9 Å². The minimum atomic E-state index is -0.114. The Kier molecular flexibility index (Phi) is 4.07. The first kappa shape index (κ1) is 12.7. The number of nitrogens with two attached hydrogens (primary N) is 1. The highest BCUT2D eigenvalue weighted by Crippen LogP contribution is 2.21. The lowest BCUT2D eigenvalue weighted by molar-refractivity contribution is 0.594. The Bertz CT molecular complexity index is 506. The van der Waals surface area contributed by atoms with Gasteiger partial charge in [0.05, 0.1) is 17.9 Å². The van der Waals surface area contributed by atoms with Crippen LogP contribution < -0.4 is 11.3 Å². The highest BCUT2D eigenvalue weighted by atomic mass is 15.3. The van der Waals surface area contributed by atoms with Crippen molar-refractivity contribution in [3.63, 3.8) is 0 Å². The van der Waals surface area contributed by atoms with Crippen LogP contribution in [-0.2, 0) is 6.54 Å². The average molecular weight is 245 g/mol. The number of hydrazine groups is 1. The van der Waals surface area contributed by atoms with Gasteiger partial charge >= 0.3 is 0 Å². The number of nitrogens with one attached hydrogen (secondary N) is 1. The Balaban J connectivity index is 2.30. The zero-order valence-electron chi connectivity index (χ0n) is 10.8. The molecule has 2 aromatic heterocycles. The fourth-order valence-corrected chi connectivity index (χ4v) is 2.01. The number of aromatic nitrogens is 3. The lowest BCUT2D eigenvalue weighted by Crippen LogP contribution is -2.29. The first-order chi connectivity index (χ1) is 8.76. The zero-order chi connectivity index (χ0) is 13.0. The number of pyridine rings is 1. The number of nitrogens with zero attached hydrogens (tertiary/aromatic N) is 3. The lowest BCUT2D eigenvalue weighted by Gasteiger charge is -2.15. The molecule has 0 spiro atoms. The second kappa shape index (κ2) is 5.75. The summed E-state index contributed by atoms with van der Waals surface area (Å²) in [5.74, 6) is 5.66. The molecular formula is C13H19N5. The Morgan fingerprint density at radius 1 is 1.50 bits per heavy atom. The smallest absolute Gasteiger partial charge is 0.0914 e. The first-order valence-corrected chi connectivity index (χ1v) is 6.16. The molecule has 0 fully saturated rings. The topological polar surface area (TPSA) is 68.8 Å². The molecular weight excluding hydrogens is 226 g/mol. The van der Waals surface area contributed by atoms with Crippen molar-refractivity contribution in [1.29, 1.82) is 0 Å². The normalized spacial score (nSPS) is 12.6. The third-order valence-electron chi connectivity index (χ3n) is 2.93. The lowest BCUT2D eigenvalue weighted by atomic mass is 10.0. The van der Waals surface area contributed by atoms with E-state index in [-0.39, 0.29) is 6.04 Å². The van der Waals surface area contributed by atoms with Crippen molar-refractivity contribution in [2.24, 2.45) is 5.84 Å². The van der Waals surface area contributed by atoms with Gasteiger partial charge in [0.15, 0.2) is 0 Å². The molecule has 1 unspecified atom stereocenters. The van der Waals surface area contributed by atoms with Crippen molar-refractivity contribution in [2.75, 3.05) is 0 Å². The largest absolute Gasteiger partial charge is 0.272 e. The molecule has 0 bridgehead atoms. The maximum atomic E-state index is 5.66. The fourth-order valence-electron chi connectivity index (χ4n) is 2.01. The Morgan fingerprint density at radius 3 is 3.00 bits per heavy atom. The molecule has 0 aliphatic rings. The Morgan fingerprint density at radius 2 is 2.33 bits per heavy atom.